The highest BCUT2D eigenvalue weighted by molar-refractivity contribution is 5.36. The minimum Gasteiger partial charge on any atom is -0.392 e. The van der Waals surface area contributed by atoms with E-state index in [1.54, 1.807) is 6.08 Å². The fourth-order valence-corrected chi connectivity index (χ4v) is 3.93. The lowest BCUT2D eigenvalue weighted by atomic mass is 9.64. The van der Waals surface area contributed by atoms with Crippen LogP contribution < -0.4 is 0 Å². The van der Waals surface area contributed by atoms with E-state index in [9.17, 15) is 0 Å². The third kappa shape index (κ3) is 9.76. The van der Waals surface area contributed by atoms with E-state index in [0.29, 0.717) is 11.3 Å². The Labute approximate surface area is 179 Å². The van der Waals surface area contributed by atoms with Gasteiger partial charge in [0.15, 0.2) is 0 Å². The third-order valence-electron chi connectivity index (χ3n) is 5.69. The van der Waals surface area contributed by atoms with Gasteiger partial charge in [-0.1, -0.05) is 124 Å². The highest BCUT2D eigenvalue weighted by Gasteiger charge is 2.34. The summed E-state index contributed by atoms with van der Waals surface area (Å²) in [5.41, 5.74) is 3.83. The molecule has 1 nitrogen and oxygen atoms in total. The summed E-state index contributed by atoms with van der Waals surface area (Å²) in [6, 6.07) is 0. The Kier molecular flexibility index (Phi) is 11.3. The second-order valence-corrected chi connectivity index (χ2v) is 8.76. The van der Waals surface area contributed by atoms with Crippen molar-refractivity contribution < 1.29 is 5.11 Å². The quantitative estimate of drug-likeness (QED) is 0.399. The van der Waals surface area contributed by atoms with E-state index < -0.39 is 0 Å². The zero-order valence-corrected chi connectivity index (χ0v) is 19.1. The first kappa shape index (κ1) is 24.9. The van der Waals surface area contributed by atoms with E-state index in [2.05, 4.69) is 64.7 Å². The summed E-state index contributed by atoms with van der Waals surface area (Å²) >= 11 is 0. The summed E-state index contributed by atoms with van der Waals surface area (Å²) < 4.78 is 0. The Balaban J connectivity index is 2.70. The van der Waals surface area contributed by atoms with E-state index in [1.165, 1.54) is 24.8 Å². The molecule has 1 fully saturated rings. The van der Waals surface area contributed by atoms with Crippen LogP contribution in [0.4, 0.5) is 0 Å². The molecule has 0 aromatic rings. The van der Waals surface area contributed by atoms with Gasteiger partial charge in [-0.2, -0.15) is 0 Å². The van der Waals surface area contributed by atoms with Gasteiger partial charge in [-0.15, -0.1) is 0 Å². The van der Waals surface area contributed by atoms with Crippen molar-refractivity contribution in [3.05, 3.63) is 96.2 Å². The van der Waals surface area contributed by atoms with Gasteiger partial charge in [0, 0.05) is 0 Å². The van der Waals surface area contributed by atoms with Crippen molar-refractivity contribution in [2.45, 2.75) is 53.9 Å². The average Bonchev–Trinajstić information content (AvgIpc) is 2.67. The first-order valence-corrected chi connectivity index (χ1v) is 10.8. The summed E-state index contributed by atoms with van der Waals surface area (Å²) in [6.07, 6.45) is 28.6. The van der Waals surface area contributed by atoms with Crippen LogP contribution in [0.1, 0.15) is 53.9 Å². The predicted molar refractivity (Wildman–Crippen MR) is 130 cm³/mol. The highest BCUT2D eigenvalue weighted by atomic mass is 16.2. The molecule has 0 radical (unpaired) electrons. The van der Waals surface area contributed by atoms with Crippen LogP contribution in [0.15, 0.2) is 96.2 Å². The fraction of sp³-hybridized carbons (Fsp3) is 0.429. The molecule has 1 heteroatoms. The summed E-state index contributed by atoms with van der Waals surface area (Å²) in [7, 11) is 0. The third-order valence-corrected chi connectivity index (χ3v) is 5.69. The van der Waals surface area contributed by atoms with Crippen LogP contribution in [-0.2, 0) is 0 Å². The van der Waals surface area contributed by atoms with E-state index in [1.807, 2.05) is 43.4 Å². The number of allylic oxidation sites excluding steroid dienone is 14. The second-order valence-electron chi connectivity index (χ2n) is 8.76. The molecule has 0 heterocycles. The lowest BCUT2D eigenvalue weighted by molar-refractivity contribution is 0.123. The molecule has 0 aromatic carbocycles. The van der Waals surface area contributed by atoms with E-state index in [4.69, 9.17) is 5.11 Å². The van der Waals surface area contributed by atoms with E-state index in [-0.39, 0.29) is 6.61 Å². The molecule has 1 N–H and O–H groups in total. The summed E-state index contributed by atoms with van der Waals surface area (Å²) in [4.78, 5) is 0. The van der Waals surface area contributed by atoms with Crippen molar-refractivity contribution in [2.24, 2.45) is 17.3 Å². The maximum absolute atomic E-state index is 8.78. The van der Waals surface area contributed by atoms with Crippen molar-refractivity contribution in [3.63, 3.8) is 0 Å². The molecule has 2 atom stereocenters. The maximum Gasteiger partial charge on any atom is 0.0615 e. The zero-order chi connectivity index (χ0) is 21.7. The standard InChI is InChI=1S/C28H40O/c1-7-26(17-9-8-13-23(2)15-12-22-29)18-10-14-24(3)19-20-27-25(4)16-11-21-28(27,5)6/h7-10,12-15,17-20,25,27,29H,1,11,16,21-22H2,2-6H3/b9-8+,15-12+,18-10+,20-19+,23-13+,24-14+,26-17+. The van der Waals surface area contributed by atoms with E-state index in [0.717, 1.165) is 17.1 Å². The number of hydrogen-bond acceptors (Lipinski definition) is 1. The molecule has 1 aliphatic rings. The molecule has 0 bridgehead atoms. The second kappa shape index (κ2) is 13.2. The molecule has 0 aliphatic heterocycles. The Morgan fingerprint density at radius 2 is 1.66 bits per heavy atom. The van der Waals surface area contributed by atoms with Crippen LogP contribution in [0.5, 0.6) is 0 Å². The Morgan fingerprint density at radius 3 is 2.31 bits per heavy atom. The molecule has 158 valence electrons. The predicted octanol–water partition coefficient (Wildman–Crippen LogP) is 7.67. The van der Waals surface area contributed by atoms with Crippen LogP contribution >= 0.6 is 0 Å². The van der Waals surface area contributed by atoms with Gasteiger partial charge < -0.3 is 5.11 Å². The van der Waals surface area contributed by atoms with Gasteiger partial charge in [-0.05, 0) is 43.1 Å². The Morgan fingerprint density at radius 1 is 1.00 bits per heavy atom. The maximum atomic E-state index is 8.78. The SMILES string of the molecule is C=CC(/C=C/C=C(C)/C=C/C1C(C)CCCC1(C)C)=C\C=C\C=C(C)\C=C\CO. The van der Waals surface area contributed by atoms with Gasteiger partial charge in [0.2, 0.25) is 0 Å². The fourth-order valence-electron chi connectivity index (χ4n) is 3.93. The molecule has 0 spiro atoms. The van der Waals surface area contributed by atoms with Gasteiger partial charge >= 0.3 is 0 Å². The number of hydrogen-bond donors (Lipinski definition) is 1. The molecular formula is C28H40O. The first-order chi connectivity index (χ1) is 13.8. The topological polar surface area (TPSA) is 20.2 Å². The Bertz CT molecular complexity index is 719. The van der Waals surface area contributed by atoms with Crippen molar-refractivity contribution in [2.75, 3.05) is 6.61 Å². The largest absolute Gasteiger partial charge is 0.392 e. The Hall–Kier alpha value is -2.12. The zero-order valence-electron chi connectivity index (χ0n) is 19.1. The number of aliphatic hydroxyl groups excluding tert-OH is 1. The van der Waals surface area contributed by atoms with Crippen LogP contribution in [0.3, 0.4) is 0 Å². The van der Waals surface area contributed by atoms with Gasteiger partial charge in [-0.25, -0.2) is 0 Å². The minimum absolute atomic E-state index is 0.0692. The molecule has 1 rings (SSSR count). The van der Waals surface area contributed by atoms with Gasteiger partial charge in [0.25, 0.3) is 0 Å². The summed E-state index contributed by atoms with van der Waals surface area (Å²) in [6.45, 7) is 15.3. The molecule has 0 saturated heterocycles. The van der Waals surface area contributed by atoms with Crippen LogP contribution in [-0.4, -0.2) is 11.7 Å². The van der Waals surface area contributed by atoms with Crippen molar-refractivity contribution in [1.82, 2.24) is 0 Å². The van der Waals surface area contributed by atoms with Crippen molar-refractivity contribution >= 4 is 0 Å². The number of aliphatic hydroxyl groups is 1. The first-order valence-electron chi connectivity index (χ1n) is 10.8. The number of rotatable bonds is 9. The van der Waals surface area contributed by atoms with E-state index >= 15 is 0 Å². The highest BCUT2D eigenvalue weighted by Crippen LogP contribution is 2.44. The molecule has 0 aromatic heterocycles. The molecule has 2 unspecified atom stereocenters. The van der Waals surface area contributed by atoms with Crippen LogP contribution in [0.25, 0.3) is 0 Å². The van der Waals surface area contributed by atoms with Crippen molar-refractivity contribution in [3.8, 4) is 0 Å². The lowest BCUT2D eigenvalue weighted by Crippen LogP contribution is -2.32. The summed E-state index contributed by atoms with van der Waals surface area (Å²) in [5, 5.41) is 8.78. The average molecular weight is 393 g/mol. The molecule has 29 heavy (non-hydrogen) atoms. The minimum atomic E-state index is 0.0692. The van der Waals surface area contributed by atoms with Gasteiger partial charge in [0.1, 0.15) is 0 Å². The van der Waals surface area contributed by atoms with Crippen LogP contribution in [0.2, 0.25) is 0 Å². The molecular weight excluding hydrogens is 352 g/mol. The van der Waals surface area contributed by atoms with Gasteiger partial charge in [-0.3, -0.25) is 0 Å². The molecule has 1 aliphatic carbocycles. The normalized spacial score (nSPS) is 24.4. The van der Waals surface area contributed by atoms with Crippen LogP contribution in [0, 0.1) is 17.3 Å². The summed E-state index contributed by atoms with van der Waals surface area (Å²) in [5.74, 6) is 1.42. The lowest BCUT2D eigenvalue weighted by Gasteiger charge is -2.41. The smallest absolute Gasteiger partial charge is 0.0615 e. The molecule has 1 saturated carbocycles. The van der Waals surface area contributed by atoms with Gasteiger partial charge in [0.05, 0.1) is 6.61 Å². The molecule has 0 amide bonds. The monoisotopic (exact) mass is 392 g/mol. The van der Waals surface area contributed by atoms with Crippen molar-refractivity contribution in [1.29, 1.82) is 0 Å².